The average Bonchev–Trinajstić information content (AvgIpc) is 2.01. The standard InChI is InChI=1S/C6H12O6S/c1-5(2-7)6(9)3-13(10,11)12-4-8/h4-7,9H,2-3H2,1H3. The highest BCUT2D eigenvalue weighted by Gasteiger charge is 2.22. The maximum absolute atomic E-state index is 10.8. The Morgan fingerprint density at radius 3 is 2.46 bits per heavy atom. The summed E-state index contributed by atoms with van der Waals surface area (Å²) in [4.78, 5) is 9.71. The lowest BCUT2D eigenvalue weighted by Gasteiger charge is -2.14. The molecule has 0 fully saturated rings. The van der Waals surface area contributed by atoms with Gasteiger partial charge in [0.15, 0.2) is 0 Å². The van der Waals surface area contributed by atoms with Gasteiger partial charge in [-0.2, -0.15) is 8.42 Å². The van der Waals surface area contributed by atoms with Crippen LogP contribution >= 0.6 is 0 Å². The zero-order chi connectivity index (χ0) is 10.5. The highest BCUT2D eigenvalue weighted by molar-refractivity contribution is 7.87. The summed E-state index contributed by atoms with van der Waals surface area (Å²) in [6.07, 6.45) is -1.24. The molecule has 78 valence electrons. The number of hydrogen-bond acceptors (Lipinski definition) is 6. The molecule has 0 saturated carbocycles. The molecule has 2 unspecified atom stereocenters. The second kappa shape index (κ2) is 5.15. The summed E-state index contributed by atoms with van der Waals surface area (Å²) in [6, 6.07) is 0. The molecule has 0 aliphatic carbocycles. The van der Waals surface area contributed by atoms with E-state index in [9.17, 15) is 13.2 Å². The minimum absolute atomic E-state index is 0.217. The number of aliphatic hydroxyl groups is 2. The lowest BCUT2D eigenvalue weighted by Crippen LogP contribution is -2.30. The number of rotatable bonds is 6. The summed E-state index contributed by atoms with van der Waals surface area (Å²) < 4.78 is 25.3. The fourth-order valence-electron chi connectivity index (χ4n) is 0.594. The van der Waals surface area contributed by atoms with Gasteiger partial charge in [-0.05, 0) is 0 Å². The molecule has 0 aromatic heterocycles. The van der Waals surface area contributed by atoms with Crippen molar-refractivity contribution in [2.24, 2.45) is 5.92 Å². The van der Waals surface area contributed by atoms with Crippen molar-refractivity contribution in [3.63, 3.8) is 0 Å². The average molecular weight is 212 g/mol. The van der Waals surface area contributed by atoms with Gasteiger partial charge in [-0.3, -0.25) is 4.79 Å². The number of hydrogen-bond donors (Lipinski definition) is 2. The zero-order valence-electron chi connectivity index (χ0n) is 7.08. The third-order valence-electron chi connectivity index (χ3n) is 1.51. The predicted molar refractivity (Wildman–Crippen MR) is 43.2 cm³/mol. The van der Waals surface area contributed by atoms with Crippen LogP contribution in [0.5, 0.6) is 0 Å². The fourth-order valence-corrected chi connectivity index (χ4v) is 1.54. The highest BCUT2D eigenvalue weighted by atomic mass is 32.2. The second-order valence-electron chi connectivity index (χ2n) is 2.64. The zero-order valence-corrected chi connectivity index (χ0v) is 7.90. The molecular formula is C6H12O6S. The summed E-state index contributed by atoms with van der Waals surface area (Å²) in [5.74, 6) is -1.28. The van der Waals surface area contributed by atoms with E-state index in [4.69, 9.17) is 10.2 Å². The molecule has 0 aromatic carbocycles. The van der Waals surface area contributed by atoms with E-state index >= 15 is 0 Å². The van der Waals surface area contributed by atoms with Crippen LogP contribution in [0.3, 0.4) is 0 Å². The van der Waals surface area contributed by atoms with E-state index in [1.807, 2.05) is 0 Å². The van der Waals surface area contributed by atoms with Crippen molar-refractivity contribution in [3.8, 4) is 0 Å². The molecule has 2 N–H and O–H groups in total. The van der Waals surface area contributed by atoms with Gasteiger partial charge in [0.05, 0.1) is 6.10 Å². The van der Waals surface area contributed by atoms with Crippen molar-refractivity contribution in [1.29, 1.82) is 0 Å². The summed E-state index contributed by atoms with van der Waals surface area (Å²) in [5, 5.41) is 17.7. The minimum Gasteiger partial charge on any atom is -0.396 e. The van der Waals surface area contributed by atoms with Crippen LogP contribution in [0.4, 0.5) is 0 Å². The first-order valence-corrected chi connectivity index (χ1v) is 5.14. The van der Waals surface area contributed by atoms with Crippen molar-refractivity contribution in [2.45, 2.75) is 13.0 Å². The Hall–Kier alpha value is -0.660. The van der Waals surface area contributed by atoms with Crippen LogP contribution in [0.2, 0.25) is 0 Å². The van der Waals surface area contributed by atoms with E-state index in [1.165, 1.54) is 6.92 Å². The number of carbonyl (C=O) groups excluding carboxylic acids is 1. The third kappa shape index (κ3) is 4.81. The smallest absolute Gasteiger partial charge is 0.314 e. The summed E-state index contributed by atoms with van der Waals surface area (Å²) >= 11 is 0. The summed E-state index contributed by atoms with van der Waals surface area (Å²) in [7, 11) is -4.02. The van der Waals surface area contributed by atoms with Crippen LogP contribution in [-0.2, 0) is 19.1 Å². The quantitative estimate of drug-likeness (QED) is 0.409. The Balaban J connectivity index is 4.19. The molecular weight excluding hydrogens is 200 g/mol. The number of carbonyl (C=O) groups is 1. The molecule has 7 heteroatoms. The van der Waals surface area contributed by atoms with E-state index in [-0.39, 0.29) is 13.1 Å². The molecule has 13 heavy (non-hydrogen) atoms. The Kier molecular flexibility index (Phi) is 4.89. The fraction of sp³-hybridized carbons (Fsp3) is 0.833. The first-order valence-electron chi connectivity index (χ1n) is 3.56. The van der Waals surface area contributed by atoms with Crippen LogP contribution in [-0.4, -0.2) is 43.6 Å². The van der Waals surface area contributed by atoms with Crippen molar-refractivity contribution in [2.75, 3.05) is 12.4 Å². The molecule has 0 bridgehead atoms. The first-order chi connectivity index (χ1) is 5.93. The first kappa shape index (κ1) is 12.3. The molecule has 6 nitrogen and oxygen atoms in total. The summed E-state index contributed by atoms with van der Waals surface area (Å²) in [5.41, 5.74) is 0. The molecule has 0 radical (unpaired) electrons. The van der Waals surface area contributed by atoms with Crippen molar-refractivity contribution >= 4 is 16.6 Å². The van der Waals surface area contributed by atoms with Crippen molar-refractivity contribution < 1.29 is 27.6 Å². The molecule has 0 heterocycles. The van der Waals surface area contributed by atoms with Crippen LogP contribution in [0, 0.1) is 5.92 Å². The predicted octanol–water partition coefficient (Wildman–Crippen LogP) is -1.52. The van der Waals surface area contributed by atoms with Gasteiger partial charge in [-0.15, -0.1) is 0 Å². The maximum atomic E-state index is 10.8. The molecule has 0 aliphatic heterocycles. The normalized spacial score (nSPS) is 16.2. The van der Waals surface area contributed by atoms with Gasteiger partial charge in [0, 0.05) is 12.5 Å². The molecule has 2 atom stereocenters. The largest absolute Gasteiger partial charge is 0.396 e. The lowest BCUT2D eigenvalue weighted by atomic mass is 10.1. The van der Waals surface area contributed by atoms with Gasteiger partial charge >= 0.3 is 16.6 Å². The molecule has 0 amide bonds. The van der Waals surface area contributed by atoms with Gasteiger partial charge in [-0.25, -0.2) is 0 Å². The maximum Gasteiger partial charge on any atom is 0.314 e. The van der Waals surface area contributed by atoms with Gasteiger partial charge in [0.1, 0.15) is 5.75 Å². The Morgan fingerprint density at radius 1 is 1.54 bits per heavy atom. The minimum atomic E-state index is -4.02. The van der Waals surface area contributed by atoms with Gasteiger partial charge in [-0.1, -0.05) is 6.92 Å². The Morgan fingerprint density at radius 2 is 2.08 bits per heavy atom. The molecule has 0 aliphatic rings. The van der Waals surface area contributed by atoms with E-state index in [0.29, 0.717) is 0 Å². The Bertz CT molecular complexity index is 246. The summed E-state index contributed by atoms with van der Waals surface area (Å²) in [6.45, 7) is 0.921. The van der Waals surface area contributed by atoms with Crippen LogP contribution < -0.4 is 0 Å². The van der Waals surface area contributed by atoms with Crippen LogP contribution in [0.15, 0.2) is 0 Å². The Labute approximate surface area is 76.3 Å². The van der Waals surface area contributed by atoms with Gasteiger partial charge < -0.3 is 14.4 Å². The van der Waals surface area contributed by atoms with Crippen LogP contribution in [0.25, 0.3) is 0 Å². The van der Waals surface area contributed by atoms with E-state index in [0.717, 1.165) is 0 Å². The van der Waals surface area contributed by atoms with E-state index < -0.39 is 27.9 Å². The third-order valence-corrected chi connectivity index (χ3v) is 2.63. The second-order valence-corrected chi connectivity index (χ2v) is 4.29. The monoisotopic (exact) mass is 212 g/mol. The van der Waals surface area contributed by atoms with Crippen molar-refractivity contribution in [1.82, 2.24) is 0 Å². The van der Waals surface area contributed by atoms with E-state index in [1.54, 1.807) is 0 Å². The topological polar surface area (TPSA) is 101 Å². The molecule has 0 aromatic rings. The van der Waals surface area contributed by atoms with Gasteiger partial charge in [0.25, 0.3) is 0 Å². The molecule has 0 rings (SSSR count). The van der Waals surface area contributed by atoms with E-state index in [2.05, 4.69) is 4.18 Å². The number of aliphatic hydroxyl groups excluding tert-OH is 2. The SMILES string of the molecule is CC(CO)C(O)CS(=O)(=O)OC=O. The lowest BCUT2D eigenvalue weighted by molar-refractivity contribution is -0.120. The molecule has 0 saturated heterocycles. The molecule has 0 spiro atoms. The van der Waals surface area contributed by atoms with Crippen LogP contribution in [0.1, 0.15) is 6.92 Å². The van der Waals surface area contributed by atoms with Crippen molar-refractivity contribution in [3.05, 3.63) is 0 Å². The van der Waals surface area contributed by atoms with Gasteiger partial charge in [0.2, 0.25) is 0 Å². The highest BCUT2D eigenvalue weighted by Crippen LogP contribution is 2.05.